The van der Waals surface area contributed by atoms with E-state index in [1.165, 1.54) is 13.2 Å². The third kappa shape index (κ3) is 4.49. The summed E-state index contributed by atoms with van der Waals surface area (Å²) >= 11 is 0. The molecule has 4 rings (SSSR count). The van der Waals surface area contributed by atoms with Gasteiger partial charge in [-0.05, 0) is 50.3 Å². The van der Waals surface area contributed by atoms with Gasteiger partial charge in [0.15, 0.2) is 6.29 Å². The van der Waals surface area contributed by atoms with Crippen LogP contribution in [0, 0.1) is 0 Å². The van der Waals surface area contributed by atoms with E-state index in [2.05, 4.69) is 4.72 Å². The number of methoxy groups -OCH3 is 1. The fourth-order valence-corrected chi connectivity index (χ4v) is 6.10. The van der Waals surface area contributed by atoms with E-state index in [0.29, 0.717) is 25.3 Å². The van der Waals surface area contributed by atoms with Crippen LogP contribution in [-0.4, -0.2) is 64.5 Å². The first kappa shape index (κ1) is 21.5. The molecule has 0 aromatic heterocycles. The number of likely N-dealkylation sites (tertiary alicyclic amines) is 1. The normalized spacial score (nSPS) is 23.8. The number of ether oxygens (including phenoxy) is 3. The second-order valence-corrected chi connectivity index (χ2v) is 9.82. The van der Waals surface area contributed by atoms with Crippen LogP contribution >= 0.6 is 0 Å². The van der Waals surface area contributed by atoms with Gasteiger partial charge in [-0.2, -0.15) is 0 Å². The van der Waals surface area contributed by atoms with Crippen LogP contribution in [0.3, 0.4) is 0 Å². The number of sulfonamides is 1. The van der Waals surface area contributed by atoms with E-state index >= 15 is 0 Å². The first-order valence-corrected chi connectivity index (χ1v) is 12.2. The first-order chi connectivity index (χ1) is 14.5. The van der Waals surface area contributed by atoms with E-state index in [1.54, 1.807) is 17.0 Å². The molecule has 9 heteroatoms. The van der Waals surface area contributed by atoms with Gasteiger partial charge in [0.25, 0.3) is 5.91 Å². The Kier molecular flexibility index (Phi) is 6.62. The lowest BCUT2D eigenvalue weighted by atomic mass is 10.00. The van der Waals surface area contributed by atoms with Gasteiger partial charge >= 0.3 is 0 Å². The van der Waals surface area contributed by atoms with Crippen molar-refractivity contribution in [2.75, 3.05) is 26.9 Å². The maximum Gasteiger partial charge on any atom is 0.254 e. The standard InChI is InChI=1S/C21H30N2O6S/c1-27-18-10-9-15(14-19(18)30(25,26)22-16-6-2-3-7-16)20(24)23-11-5-4-8-17(23)21-28-12-13-29-21/h9-10,14,16-17,21-22H,2-8,11-13H2,1H3. The number of benzene rings is 1. The first-order valence-electron chi connectivity index (χ1n) is 10.7. The van der Waals surface area contributed by atoms with Crippen molar-refractivity contribution in [3.8, 4) is 5.75 Å². The molecule has 166 valence electrons. The Bertz CT molecular complexity index is 862. The Morgan fingerprint density at radius 2 is 1.80 bits per heavy atom. The summed E-state index contributed by atoms with van der Waals surface area (Å²) in [5, 5.41) is 0. The number of hydrogen-bond acceptors (Lipinski definition) is 6. The number of piperidine rings is 1. The average molecular weight is 439 g/mol. The van der Waals surface area contributed by atoms with Crippen LogP contribution in [-0.2, 0) is 19.5 Å². The highest BCUT2D eigenvalue weighted by Gasteiger charge is 2.37. The lowest BCUT2D eigenvalue weighted by Gasteiger charge is -2.38. The van der Waals surface area contributed by atoms with Gasteiger partial charge in [0.2, 0.25) is 10.0 Å². The number of carbonyl (C=O) groups excluding carboxylic acids is 1. The summed E-state index contributed by atoms with van der Waals surface area (Å²) in [4.78, 5) is 15.1. The van der Waals surface area contributed by atoms with E-state index in [9.17, 15) is 13.2 Å². The molecule has 0 bridgehead atoms. The van der Waals surface area contributed by atoms with Gasteiger partial charge < -0.3 is 19.1 Å². The van der Waals surface area contributed by atoms with E-state index < -0.39 is 16.3 Å². The van der Waals surface area contributed by atoms with Crippen molar-refractivity contribution < 1.29 is 27.4 Å². The minimum absolute atomic E-state index is 0.00433. The number of hydrogen-bond donors (Lipinski definition) is 1. The van der Waals surface area contributed by atoms with Gasteiger partial charge in [-0.1, -0.05) is 12.8 Å². The summed E-state index contributed by atoms with van der Waals surface area (Å²) in [5.74, 6) is 0.0217. The Balaban J connectivity index is 1.60. The van der Waals surface area contributed by atoms with Crippen molar-refractivity contribution in [3.63, 3.8) is 0 Å². The molecule has 1 aromatic carbocycles. The number of rotatable bonds is 6. The number of nitrogens with zero attached hydrogens (tertiary/aromatic N) is 1. The molecular weight excluding hydrogens is 408 g/mol. The van der Waals surface area contributed by atoms with E-state index in [1.807, 2.05) is 0 Å². The summed E-state index contributed by atoms with van der Waals surface area (Å²) in [5.41, 5.74) is 0.326. The average Bonchev–Trinajstić information content (AvgIpc) is 3.47. The molecule has 1 atom stereocenters. The van der Waals surface area contributed by atoms with Gasteiger partial charge in [-0.15, -0.1) is 0 Å². The second kappa shape index (κ2) is 9.21. The predicted molar refractivity (Wildman–Crippen MR) is 110 cm³/mol. The van der Waals surface area contributed by atoms with Gasteiger partial charge in [-0.3, -0.25) is 4.79 Å². The predicted octanol–water partition coefficient (Wildman–Crippen LogP) is 2.28. The van der Waals surface area contributed by atoms with Crippen LogP contribution in [0.25, 0.3) is 0 Å². The third-order valence-corrected chi connectivity index (χ3v) is 7.69. The van der Waals surface area contributed by atoms with Crippen molar-refractivity contribution in [2.24, 2.45) is 0 Å². The highest BCUT2D eigenvalue weighted by molar-refractivity contribution is 7.89. The summed E-state index contributed by atoms with van der Waals surface area (Å²) in [6.45, 7) is 1.66. The smallest absolute Gasteiger partial charge is 0.254 e. The molecule has 3 aliphatic rings. The fourth-order valence-electron chi connectivity index (χ4n) is 4.60. The molecule has 1 saturated carbocycles. The van der Waals surface area contributed by atoms with Gasteiger partial charge in [0.05, 0.1) is 26.4 Å². The molecule has 1 aliphatic carbocycles. The van der Waals surface area contributed by atoms with E-state index in [4.69, 9.17) is 14.2 Å². The molecule has 2 aliphatic heterocycles. The summed E-state index contributed by atoms with van der Waals surface area (Å²) in [6.07, 6.45) is 5.99. The SMILES string of the molecule is COc1ccc(C(=O)N2CCCCC2C2OCCO2)cc1S(=O)(=O)NC1CCCC1. The fraction of sp³-hybridized carbons (Fsp3) is 0.667. The van der Waals surface area contributed by atoms with Crippen molar-refractivity contribution in [1.82, 2.24) is 9.62 Å². The summed E-state index contributed by atoms with van der Waals surface area (Å²) in [7, 11) is -2.37. The van der Waals surface area contributed by atoms with Crippen molar-refractivity contribution in [2.45, 2.75) is 68.2 Å². The highest BCUT2D eigenvalue weighted by Crippen LogP contribution is 2.30. The Morgan fingerprint density at radius 3 is 2.50 bits per heavy atom. The number of carbonyl (C=O) groups is 1. The minimum atomic E-state index is -3.80. The zero-order valence-corrected chi connectivity index (χ0v) is 18.2. The lowest BCUT2D eigenvalue weighted by Crippen LogP contribution is -2.50. The van der Waals surface area contributed by atoms with Crippen LogP contribution in [0.15, 0.2) is 23.1 Å². The molecule has 30 heavy (non-hydrogen) atoms. The Morgan fingerprint density at radius 1 is 1.10 bits per heavy atom. The van der Waals surface area contributed by atoms with Crippen LogP contribution in [0.5, 0.6) is 5.75 Å². The number of nitrogens with one attached hydrogen (secondary N) is 1. The molecule has 0 spiro atoms. The van der Waals surface area contributed by atoms with Crippen LogP contribution < -0.4 is 9.46 Å². The third-order valence-electron chi connectivity index (χ3n) is 6.15. The Labute approximate surface area is 177 Å². The second-order valence-electron chi connectivity index (χ2n) is 8.14. The molecule has 2 heterocycles. The zero-order chi connectivity index (χ0) is 21.1. The van der Waals surface area contributed by atoms with Crippen LogP contribution in [0.4, 0.5) is 0 Å². The topological polar surface area (TPSA) is 94.2 Å². The molecule has 0 radical (unpaired) electrons. The van der Waals surface area contributed by atoms with Crippen molar-refractivity contribution in [1.29, 1.82) is 0 Å². The maximum absolute atomic E-state index is 13.3. The minimum Gasteiger partial charge on any atom is -0.495 e. The van der Waals surface area contributed by atoms with Crippen LogP contribution in [0.2, 0.25) is 0 Å². The molecular formula is C21H30N2O6S. The number of amides is 1. The van der Waals surface area contributed by atoms with E-state index in [0.717, 1.165) is 44.9 Å². The van der Waals surface area contributed by atoms with Gasteiger partial charge in [-0.25, -0.2) is 13.1 Å². The van der Waals surface area contributed by atoms with E-state index in [-0.39, 0.29) is 28.6 Å². The van der Waals surface area contributed by atoms with Crippen LogP contribution in [0.1, 0.15) is 55.3 Å². The molecule has 1 amide bonds. The quantitative estimate of drug-likeness (QED) is 0.732. The molecule has 2 saturated heterocycles. The lowest BCUT2D eigenvalue weighted by molar-refractivity contribution is -0.100. The van der Waals surface area contributed by atoms with Gasteiger partial charge in [0, 0.05) is 18.2 Å². The largest absolute Gasteiger partial charge is 0.495 e. The highest BCUT2D eigenvalue weighted by atomic mass is 32.2. The maximum atomic E-state index is 13.3. The summed E-state index contributed by atoms with van der Waals surface area (Å²) < 4.78 is 45.5. The van der Waals surface area contributed by atoms with Crippen molar-refractivity contribution in [3.05, 3.63) is 23.8 Å². The van der Waals surface area contributed by atoms with Gasteiger partial charge in [0.1, 0.15) is 10.6 Å². The molecule has 1 N–H and O–H groups in total. The molecule has 1 unspecified atom stereocenters. The zero-order valence-electron chi connectivity index (χ0n) is 17.3. The Hall–Kier alpha value is -1.68. The monoisotopic (exact) mass is 438 g/mol. The van der Waals surface area contributed by atoms with Crippen molar-refractivity contribution >= 4 is 15.9 Å². The summed E-state index contributed by atoms with van der Waals surface area (Å²) in [6, 6.07) is 4.38. The molecule has 3 fully saturated rings. The molecule has 1 aromatic rings. The molecule has 8 nitrogen and oxygen atoms in total.